The average Bonchev–Trinajstić information content (AvgIpc) is 2.50. The number of piperazine rings is 1. The Morgan fingerprint density at radius 3 is 2.23 bits per heavy atom. The van der Waals surface area contributed by atoms with Gasteiger partial charge in [-0.1, -0.05) is 17.7 Å². The third kappa shape index (κ3) is 3.76. The summed E-state index contributed by atoms with van der Waals surface area (Å²) in [6.07, 6.45) is 0. The lowest BCUT2D eigenvalue weighted by molar-refractivity contribution is -0.145. The molecule has 0 spiro atoms. The van der Waals surface area contributed by atoms with Crippen molar-refractivity contribution in [2.24, 2.45) is 0 Å². The van der Waals surface area contributed by atoms with Crippen LogP contribution in [0.4, 0.5) is 5.69 Å². The summed E-state index contributed by atoms with van der Waals surface area (Å²) in [6, 6.07) is 5.07. The van der Waals surface area contributed by atoms with Crippen LogP contribution < -0.4 is 5.32 Å². The Morgan fingerprint density at radius 1 is 1.09 bits per heavy atom. The highest BCUT2D eigenvalue weighted by atomic mass is 35.5. The SMILES string of the molecule is CC(=O)N1CCN(C(=O)C(=O)Nc2ccc(C)c(Cl)c2)CC1. The lowest BCUT2D eigenvalue weighted by atomic mass is 10.2. The molecular weight excluding hydrogens is 306 g/mol. The van der Waals surface area contributed by atoms with E-state index in [1.54, 1.807) is 23.1 Å². The Morgan fingerprint density at radius 2 is 1.68 bits per heavy atom. The number of benzene rings is 1. The summed E-state index contributed by atoms with van der Waals surface area (Å²) in [7, 11) is 0. The zero-order valence-electron chi connectivity index (χ0n) is 12.6. The lowest BCUT2D eigenvalue weighted by Gasteiger charge is -2.33. The van der Waals surface area contributed by atoms with Gasteiger partial charge in [-0.25, -0.2) is 0 Å². The highest BCUT2D eigenvalue weighted by Crippen LogP contribution is 2.20. The molecular formula is C15H18ClN3O3. The third-order valence-electron chi connectivity index (χ3n) is 3.64. The number of amides is 3. The van der Waals surface area contributed by atoms with E-state index in [-0.39, 0.29) is 5.91 Å². The number of nitrogens with one attached hydrogen (secondary N) is 1. The Labute approximate surface area is 134 Å². The highest BCUT2D eigenvalue weighted by Gasteiger charge is 2.26. The van der Waals surface area contributed by atoms with Crippen molar-refractivity contribution in [3.05, 3.63) is 28.8 Å². The minimum absolute atomic E-state index is 0.0224. The van der Waals surface area contributed by atoms with Crippen molar-refractivity contribution in [2.45, 2.75) is 13.8 Å². The minimum atomic E-state index is -0.698. The second-order valence-electron chi connectivity index (χ2n) is 5.22. The van der Waals surface area contributed by atoms with E-state index in [9.17, 15) is 14.4 Å². The molecule has 22 heavy (non-hydrogen) atoms. The number of hydrogen-bond acceptors (Lipinski definition) is 3. The Kier molecular flexibility index (Phi) is 5.03. The molecule has 7 heteroatoms. The second-order valence-corrected chi connectivity index (χ2v) is 5.62. The average molecular weight is 324 g/mol. The van der Waals surface area contributed by atoms with Gasteiger partial charge in [0.2, 0.25) is 5.91 Å². The molecule has 1 heterocycles. The van der Waals surface area contributed by atoms with Gasteiger partial charge >= 0.3 is 11.8 Å². The summed E-state index contributed by atoms with van der Waals surface area (Å²) in [6.45, 7) is 4.97. The van der Waals surface area contributed by atoms with Crippen LogP contribution in [0.1, 0.15) is 12.5 Å². The second kappa shape index (κ2) is 6.79. The molecule has 2 rings (SSSR count). The van der Waals surface area contributed by atoms with Crippen LogP contribution in [0.25, 0.3) is 0 Å². The monoisotopic (exact) mass is 323 g/mol. The molecule has 6 nitrogen and oxygen atoms in total. The molecule has 3 amide bonds. The molecule has 1 aromatic carbocycles. The molecule has 1 N–H and O–H groups in total. The molecule has 1 aromatic rings. The van der Waals surface area contributed by atoms with Crippen LogP contribution in [0.15, 0.2) is 18.2 Å². The number of rotatable bonds is 1. The van der Waals surface area contributed by atoms with Crippen molar-refractivity contribution in [1.29, 1.82) is 0 Å². The predicted molar refractivity (Wildman–Crippen MR) is 83.7 cm³/mol. The van der Waals surface area contributed by atoms with Crippen molar-refractivity contribution in [3.8, 4) is 0 Å². The zero-order valence-corrected chi connectivity index (χ0v) is 13.3. The van der Waals surface area contributed by atoms with Crippen LogP contribution in [0.3, 0.4) is 0 Å². The molecule has 0 aromatic heterocycles. The van der Waals surface area contributed by atoms with Gasteiger partial charge in [0.05, 0.1) is 0 Å². The number of hydrogen-bond donors (Lipinski definition) is 1. The summed E-state index contributed by atoms with van der Waals surface area (Å²) >= 11 is 5.99. The van der Waals surface area contributed by atoms with E-state index in [4.69, 9.17) is 11.6 Å². The maximum absolute atomic E-state index is 12.1. The summed E-state index contributed by atoms with van der Waals surface area (Å²) in [5, 5.41) is 3.07. The highest BCUT2D eigenvalue weighted by molar-refractivity contribution is 6.39. The molecule has 1 saturated heterocycles. The van der Waals surface area contributed by atoms with Gasteiger partial charge in [-0.2, -0.15) is 0 Å². The minimum Gasteiger partial charge on any atom is -0.339 e. The number of carbonyl (C=O) groups excluding carboxylic acids is 3. The van der Waals surface area contributed by atoms with Crippen molar-refractivity contribution >= 4 is 35.0 Å². The number of aryl methyl sites for hydroxylation is 1. The van der Waals surface area contributed by atoms with Crippen LogP contribution in [-0.4, -0.2) is 53.7 Å². The fourth-order valence-corrected chi connectivity index (χ4v) is 2.40. The molecule has 1 fully saturated rings. The first-order valence-electron chi connectivity index (χ1n) is 7.00. The maximum atomic E-state index is 12.1. The Hall–Kier alpha value is -2.08. The molecule has 118 valence electrons. The quantitative estimate of drug-likeness (QED) is 0.791. The fourth-order valence-electron chi connectivity index (χ4n) is 2.22. The molecule has 0 atom stereocenters. The van der Waals surface area contributed by atoms with E-state index in [0.717, 1.165) is 5.56 Å². The number of carbonyl (C=O) groups is 3. The number of halogens is 1. The molecule has 0 unspecified atom stereocenters. The summed E-state index contributed by atoms with van der Waals surface area (Å²) < 4.78 is 0. The smallest absolute Gasteiger partial charge is 0.313 e. The van der Waals surface area contributed by atoms with Crippen LogP contribution in [-0.2, 0) is 14.4 Å². The standard InChI is InChI=1S/C15H18ClN3O3/c1-10-3-4-12(9-13(10)16)17-14(21)15(22)19-7-5-18(6-8-19)11(2)20/h3-4,9H,5-8H2,1-2H3,(H,17,21). The van der Waals surface area contributed by atoms with Gasteiger partial charge < -0.3 is 15.1 Å². The van der Waals surface area contributed by atoms with Crippen molar-refractivity contribution in [1.82, 2.24) is 9.80 Å². The first-order valence-corrected chi connectivity index (χ1v) is 7.38. The summed E-state index contributed by atoms with van der Waals surface area (Å²) in [5.74, 6) is -1.32. The predicted octanol–water partition coefficient (Wildman–Crippen LogP) is 1.28. The van der Waals surface area contributed by atoms with Gasteiger partial charge in [-0.05, 0) is 24.6 Å². The van der Waals surface area contributed by atoms with E-state index < -0.39 is 11.8 Å². The van der Waals surface area contributed by atoms with Gasteiger partial charge in [0.1, 0.15) is 0 Å². The molecule has 1 aliphatic heterocycles. The van der Waals surface area contributed by atoms with E-state index in [0.29, 0.717) is 36.9 Å². The molecule has 0 bridgehead atoms. The van der Waals surface area contributed by atoms with E-state index in [2.05, 4.69) is 5.32 Å². The normalized spacial score (nSPS) is 14.7. The Balaban J connectivity index is 1.94. The molecule has 0 aliphatic carbocycles. The number of nitrogens with zero attached hydrogens (tertiary/aromatic N) is 2. The lowest BCUT2D eigenvalue weighted by Crippen LogP contribution is -2.52. The van der Waals surface area contributed by atoms with Crippen molar-refractivity contribution < 1.29 is 14.4 Å². The van der Waals surface area contributed by atoms with Crippen LogP contribution in [0, 0.1) is 6.92 Å². The van der Waals surface area contributed by atoms with Crippen molar-refractivity contribution in [3.63, 3.8) is 0 Å². The summed E-state index contributed by atoms with van der Waals surface area (Å²) in [4.78, 5) is 38.4. The first-order chi connectivity index (χ1) is 10.4. The van der Waals surface area contributed by atoms with Gasteiger partial charge in [0.15, 0.2) is 0 Å². The zero-order chi connectivity index (χ0) is 16.3. The van der Waals surface area contributed by atoms with Crippen molar-refractivity contribution in [2.75, 3.05) is 31.5 Å². The third-order valence-corrected chi connectivity index (χ3v) is 4.04. The van der Waals surface area contributed by atoms with Gasteiger partial charge in [-0.3, -0.25) is 14.4 Å². The first kappa shape index (κ1) is 16.3. The molecule has 1 aliphatic rings. The topological polar surface area (TPSA) is 69.7 Å². The van der Waals surface area contributed by atoms with Crippen LogP contribution in [0.5, 0.6) is 0 Å². The van der Waals surface area contributed by atoms with Gasteiger partial charge in [-0.15, -0.1) is 0 Å². The fraction of sp³-hybridized carbons (Fsp3) is 0.400. The van der Waals surface area contributed by atoms with Crippen LogP contribution in [0.2, 0.25) is 5.02 Å². The van der Waals surface area contributed by atoms with E-state index >= 15 is 0 Å². The number of anilines is 1. The van der Waals surface area contributed by atoms with Gasteiger partial charge in [0, 0.05) is 43.8 Å². The molecule has 0 radical (unpaired) electrons. The Bertz CT molecular complexity index is 610. The molecule has 0 saturated carbocycles. The maximum Gasteiger partial charge on any atom is 0.313 e. The van der Waals surface area contributed by atoms with E-state index in [1.165, 1.54) is 11.8 Å². The summed E-state index contributed by atoms with van der Waals surface area (Å²) in [5.41, 5.74) is 1.38. The van der Waals surface area contributed by atoms with E-state index in [1.807, 2.05) is 6.92 Å². The van der Waals surface area contributed by atoms with Crippen LogP contribution >= 0.6 is 11.6 Å². The van der Waals surface area contributed by atoms with Gasteiger partial charge in [0.25, 0.3) is 0 Å². The largest absolute Gasteiger partial charge is 0.339 e.